The molecular formula is C9H7ClF2O2. The summed E-state index contributed by atoms with van der Waals surface area (Å²) >= 11 is 5.29. The number of rotatable bonds is 2. The van der Waals surface area contributed by atoms with Gasteiger partial charge in [0.1, 0.15) is 16.7 Å². The Balaban J connectivity index is 3.24. The van der Waals surface area contributed by atoms with Crippen LogP contribution in [0.2, 0.25) is 5.02 Å². The molecule has 0 saturated heterocycles. The monoisotopic (exact) mass is 220 g/mol. The van der Waals surface area contributed by atoms with Crippen molar-refractivity contribution in [3.8, 4) is 0 Å². The molecule has 0 aromatic heterocycles. The van der Waals surface area contributed by atoms with Gasteiger partial charge in [-0.3, -0.25) is 4.79 Å². The first-order chi connectivity index (χ1) is 6.45. The van der Waals surface area contributed by atoms with Gasteiger partial charge in [0.2, 0.25) is 0 Å². The smallest absolute Gasteiger partial charge is 0.310 e. The van der Waals surface area contributed by atoms with Gasteiger partial charge in [-0.15, -0.1) is 0 Å². The molecule has 2 nitrogen and oxygen atoms in total. The quantitative estimate of drug-likeness (QED) is 0.779. The highest BCUT2D eigenvalue weighted by Gasteiger charge is 2.21. The summed E-state index contributed by atoms with van der Waals surface area (Å²) in [6.45, 7) is 1.30. The van der Waals surface area contributed by atoms with Crippen LogP contribution in [0.15, 0.2) is 12.1 Å². The molecule has 1 atom stereocenters. The number of hydrogen-bond donors (Lipinski definition) is 1. The molecule has 0 heterocycles. The first kappa shape index (κ1) is 10.9. The van der Waals surface area contributed by atoms with Crippen LogP contribution in [0, 0.1) is 11.6 Å². The minimum atomic E-state index is -1.19. The fraction of sp³-hybridized carbons (Fsp3) is 0.222. The van der Waals surface area contributed by atoms with Gasteiger partial charge < -0.3 is 5.11 Å². The standard InChI is InChI=1S/C9H7ClF2O2/c1-4(9(13)14)5-2-3-6(11)7(10)8(5)12/h2-4H,1H3,(H,13,14). The van der Waals surface area contributed by atoms with E-state index in [1.165, 1.54) is 6.92 Å². The fourth-order valence-electron chi connectivity index (χ4n) is 1.01. The normalized spacial score (nSPS) is 12.6. The third-order valence-electron chi connectivity index (χ3n) is 1.90. The van der Waals surface area contributed by atoms with Crippen molar-refractivity contribution in [2.75, 3.05) is 0 Å². The van der Waals surface area contributed by atoms with E-state index in [0.29, 0.717) is 0 Å². The lowest BCUT2D eigenvalue weighted by Crippen LogP contribution is -2.09. The fourth-order valence-corrected chi connectivity index (χ4v) is 1.18. The van der Waals surface area contributed by atoms with E-state index in [0.717, 1.165) is 12.1 Å². The van der Waals surface area contributed by atoms with E-state index in [4.69, 9.17) is 16.7 Å². The van der Waals surface area contributed by atoms with Crippen LogP contribution in [0.3, 0.4) is 0 Å². The predicted molar refractivity (Wildman–Crippen MR) is 47.4 cm³/mol. The Hall–Kier alpha value is -1.16. The molecule has 0 spiro atoms. The average molecular weight is 221 g/mol. The minimum absolute atomic E-state index is 0.121. The molecule has 0 bridgehead atoms. The van der Waals surface area contributed by atoms with Gasteiger partial charge in [0.15, 0.2) is 0 Å². The summed E-state index contributed by atoms with van der Waals surface area (Å²) < 4.78 is 25.9. The van der Waals surface area contributed by atoms with Crippen LogP contribution in [0.1, 0.15) is 18.4 Å². The van der Waals surface area contributed by atoms with Crippen molar-refractivity contribution in [3.05, 3.63) is 34.4 Å². The molecule has 1 unspecified atom stereocenters. The largest absolute Gasteiger partial charge is 0.481 e. The zero-order valence-corrected chi connectivity index (χ0v) is 7.98. The maximum atomic E-state index is 13.2. The summed E-state index contributed by atoms with van der Waals surface area (Å²) in [7, 11) is 0. The van der Waals surface area contributed by atoms with E-state index in [-0.39, 0.29) is 5.56 Å². The Morgan fingerprint density at radius 3 is 2.57 bits per heavy atom. The zero-order chi connectivity index (χ0) is 10.9. The Morgan fingerprint density at radius 1 is 1.50 bits per heavy atom. The number of halogens is 3. The molecule has 1 aromatic carbocycles. The molecule has 5 heteroatoms. The van der Waals surface area contributed by atoms with Gasteiger partial charge in [0, 0.05) is 5.56 Å². The Labute approximate surface area is 84.1 Å². The van der Waals surface area contributed by atoms with Crippen LogP contribution in [0.5, 0.6) is 0 Å². The molecule has 0 radical (unpaired) electrons. The van der Waals surface area contributed by atoms with Crippen molar-refractivity contribution < 1.29 is 18.7 Å². The molecule has 0 aliphatic rings. The van der Waals surface area contributed by atoms with Crippen molar-refractivity contribution in [3.63, 3.8) is 0 Å². The van der Waals surface area contributed by atoms with Crippen LogP contribution >= 0.6 is 11.6 Å². The summed E-state index contributed by atoms with van der Waals surface area (Å²) in [5.41, 5.74) is -0.121. The highest BCUT2D eigenvalue weighted by molar-refractivity contribution is 6.31. The van der Waals surface area contributed by atoms with Crippen LogP contribution in [0.25, 0.3) is 0 Å². The summed E-state index contributed by atoms with van der Waals surface area (Å²) in [6, 6.07) is 2.02. The third-order valence-corrected chi connectivity index (χ3v) is 2.25. The van der Waals surface area contributed by atoms with Crippen molar-refractivity contribution in [1.29, 1.82) is 0 Å². The van der Waals surface area contributed by atoms with E-state index in [1.807, 2.05) is 0 Å². The second kappa shape index (κ2) is 3.92. The third kappa shape index (κ3) is 1.85. The van der Waals surface area contributed by atoms with Crippen LogP contribution < -0.4 is 0 Å². The van der Waals surface area contributed by atoms with Gasteiger partial charge in [-0.05, 0) is 13.0 Å². The van der Waals surface area contributed by atoms with E-state index in [2.05, 4.69) is 0 Å². The summed E-state index contributed by atoms with van der Waals surface area (Å²) in [4.78, 5) is 10.5. The zero-order valence-electron chi connectivity index (χ0n) is 7.22. The lowest BCUT2D eigenvalue weighted by Gasteiger charge is -2.08. The second-order valence-electron chi connectivity index (χ2n) is 2.82. The van der Waals surface area contributed by atoms with Crippen molar-refractivity contribution >= 4 is 17.6 Å². The van der Waals surface area contributed by atoms with Gasteiger partial charge in [0.25, 0.3) is 0 Å². The molecule has 0 aliphatic heterocycles. The number of carbonyl (C=O) groups is 1. The molecule has 0 fully saturated rings. The number of benzene rings is 1. The van der Waals surface area contributed by atoms with Crippen LogP contribution in [-0.4, -0.2) is 11.1 Å². The van der Waals surface area contributed by atoms with Gasteiger partial charge in [-0.25, -0.2) is 8.78 Å². The van der Waals surface area contributed by atoms with Gasteiger partial charge in [0.05, 0.1) is 5.92 Å². The maximum Gasteiger partial charge on any atom is 0.310 e. The van der Waals surface area contributed by atoms with Gasteiger partial charge in [-0.1, -0.05) is 17.7 Å². The highest BCUT2D eigenvalue weighted by atomic mass is 35.5. The molecule has 1 aromatic rings. The molecule has 1 N–H and O–H groups in total. The second-order valence-corrected chi connectivity index (χ2v) is 3.20. The molecule has 0 aliphatic carbocycles. The van der Waals surface area contributed by atoms with Crippen molar-refractivity contribution in [2.45, 2.75) is 12.8 Å². The lowest BCUT2D eigenvalue weighted by atomic mass is 10.0. The Morgan fingerprint density at radius 2 is 2.07 bits per heavy atom. The number of aliphatic carboxylic acids is 1. The molecule has 14 heavy (non-hydrogen) atoms. The summed E-state index contributed by atoms with van der Waals surface area (Å²) in [5.74, 6) is -4.15. The lowest BCUT2D eigenvalue weighted by molar-refractivity contribution is -0.138. The first-order valence-electron chi connectivity index (χ1n) is 3.81. The molecule has 76 valence electrons. The first-order valence-corrected chi connectivity index (χ1v) is 4.19. The molecular weight excluding hydrogens is 214 g/mol. The van der Waals surface area contributed by atoms with Gasteiger partial charge in [-0.2, -0.15) is 0 Å². The molecule has 1 rings (SSSR count). The number of carboxylic acids is 1. The van der Waals surface area contributed by atoms with E-state index >= 15 is 0 Å². The average Bonchev–Trinajstić information content (AvgIpc) is 2.13. The Kier molecular flexibility index (Phi) is 3.06. The summed E-state index contributed by atoms with van der Waals surface area (Å²) in [5, 5.41) is 7.95. The Bertz CT molecular complexity index is 379. The van der Waals surface area contributed by atoms with Crippen molar-refractivity contribution in [1.82, 2.24) is 0 Å². The number of carboxylic acid groups (broad SMARTS) is 1. The SMILES string of the molecule is CC(C(=O)O)c1ccc(F)c(Cl)c1F. The predicted octanol–water partition coefficient (Wildman–Crippen LogP) is 2.81. The van der Waals surface area contributed by atoms with E-state index in [1.54, 1.807) is 0 Å². The van der Waals surface area contributed by atoms with Gasteiger partial charge >= 0.3 is 5.97 Å². The topological polar surface area (TPSA) is 37.3 Å². The molecule has 0 amide bonds. The van der Waals surface area contributed by atoms with E-state index in [9.17, 15) is 13.6 Å². The highest BCUT2D eigenvalue weighted by Crippen LogP contribution is 2.27. The maximum absolute atomic E-state index is 13.2. The number of hydrogen-bond acceptors (Lipinski definition) is 1. The molecule has 0 saturated carbocycles. The van der Waals surface area contributed by atoms with Crippen LogP contribution in [-0.2, 0) is 4.79 Å². The van der Waals surface area contributed by atoms with E-state index < -0.39 is 28.5 Å². The minimum Gasteiger partial charge on any atom is -0.481 e. The van der Waals surface area contributed by atoms with Crippen LogP contribution in [0.4, 0.5) is 8.78 Å². The van der Waals surface area contributed by atoms with Crippen molar-refractivity contribution in [2.24, 2.45) is 0 Å². The summed E-state index contributed by atoms with van der Waals surface area (Å²) in [6.07, 6.45) is 0.